The van der Waals surface area contributed by atoms with E-state index in [1.165, 1.54) is 42.3 Å². The fourth-order valence-corrected chi connectivity index (χ4v) is 5.97. The van der Waals surface area contributed by atoms with Crippen LogP contribution in [-0.4, -0.2) is 51.4 Å². The van der Waals surface area contributed by atoms with Gasteiger partial charge in [0.15, 0.2) is 0 Å². The number of nitrogens with one attached hydrogen (secondary N) is 1. The molecule has 0 spiro atoms. The van der Waals surface area contributed by atoms with Crippen molar-refractivity contribution in [2.45, 2.75) is 37.8 Å². The average molecular weight is 593 g/mol. The monoisotopic (exact) mass is 591 g/mol. The van der Waals surface area contributed by atoms with Crippen molar-refractivity contribution in [3.63, 3.8) is 0 Å². The second-order valence-corrected chi connectivity index (χ2v) is 11.3. The van der Waals surface area contributed by atoms with Crippen molar-refractivity contribution in [2.75, 3.05) is 24.5 Å². The first-order valence-electron chi connectivity index (χ1n) is 12.3. The number of hydrogen-bond donors (Lipinski definition) is 1. The predicted molar refractivity (Wildman–Crippen MR) is 154 cm³/mol. The molecule has 0 radical (unpaired) electrons. The third-order valence-electron chi connectivity index (χ3n) is 6.01. The third kappa shape index (κ3) is 7.44. The third-order valence-corrected chi connectivity index (χ3v) is 8.34. The number of methoxy groups -OCH3 is 1. The van der Waals surface area contributed by atoms with Crippen LogP contribution in [0.25, 0.3) is 0 Å². The molecule has 0 aliphatic carbocycles. The Morgan fingerprint density at radius 1 is 0.974 bits per heavy atom. The lowest BCUT2D eigenvalue weighted by Gasteiger charge is -2.33. The van der Waals surface area contributed by atoms with Crippen molar-refractivity contribution in [2.24, 2.45) is 0 Å². The summed E-state index contributed by atoms with van der Waals surface area (Å²) in [5.74, 6) is -0.342. The molecule has 0 aromatic heterocycles. The van der Waals surface area contributed by atoms with E-state index in [9.17, 15) is 18.0 Å². The standard InChI is InChI=1S/C28H31Cl2N3O5S/c1-4-25(28(35)31-5-2)32(18-20-10-9-11-22(16-20)38-3)27(34)19-33(26-17-21(29)14-15-24(26)30)39(36,37)23-12-7-6-8-13-23/h6-17,25H,4-5,18-19H2,1-3H3,(H,31,35)/t25-/m0/s1. The fraction of sp³-hybridized carbons (Fsp3) is 0.286. The van der Waals surface area contributed by atoms with E-state index in [1.54, 1.807) is 56.3 Å². The number of benzene rings is 3. The van der Waals surface area contributed by atoms with E-state index >= 15 is 0 Å². The summed E-state index contributed by atoms with van der Waals surface area (Å²) in [5, 5.41) is 3.12. The number of halogens is 2. The van der Waals surface area contributed by atoms with E-state index in [0.29, 0.717) is 24.3 Å². The van der Waals surface area contributed by atoms with Gasteiger partial charge in [0.1, 0.15) is 18.3 Å². The summed E-state index contributed by atoms with van der Waals surface area (Å²) in [5.41, 5.74) is 0.762. The number of nitrogens with zero attached hydrogens (tertiary/aromatic N) is 2. The van der Waals surface area contributed by atoms with Gasteiger partial charge in [0.2, 0.25) is 11.8 Å². The van der Waals surface area contributed by atoms with Crippen molar-refractivity contribution in [1.82, 2.24) is 10.2 Å². The molecule has 0 heterocycles. The lowest BCUT2D eigenvalue weighted by Crippen LogP contribution is -2.52. The smallest absolute Gasteiger partial charge is 0.264 e. The number of hydrogen-bond acceptors (Lipinski definition) is 5. The summed E-state index contributed by atoms with van der Waals surface area (Å²) in [6.45, 7) is 3.39. The number of carbonyl (C=O) groups is 2. The van der Waals surface area contributed by atoms with E-state index in [0.717, 1.165) is 4.31 Å². The van der Waals surface area contributed by atoms with Gasteiger partial charge in [0.25, 0.3) is 10.0 Å². The van der Waals surface area contributed by atoms with Crippen LogP contribution in [0.3, 0.4) is 0 Å². The van der Waals surface area contributed by atoms with Gasteiger partial charge in [0, 0.05) is 18.1 Å². The zero-order chi connectivity index (χ0) is 28.6. The summed E-state index contributed by atoms with van der Waals surface area (Å²) in [6.07, 6.45) is 0.310. The van der Waals surface area contributed by atoms with E-state index < -0.39 is 28.5 Å². The summed E-state index contributed by atoms with van der Waals surface area (Å²) >= 11 is 12.6. The minimum Gasteiger partial charge on any atom is -0.497 e. The highest BCUT2D eigenvalue weighted by Gasteiger charge is 2.34. The Morgan fingerprint density at radius 2 is 1.69 bits per heavy atom. The molecule has 3 aromatic carbocycles. The van der Waals surface area contributed by atoms with Gasteiger partial charge in [-0.05, 0) is 61.4 Å². The molecule has 1 atom stereocenters. The van der Waals surface area contributed by atoms with Gasteiger partial charge in [-0.25, -0.2) is 8.42 Å². The molecule has 11 heteroatoms. The van der Waals surface area contributed by atoms with Crippen LogP contribution >= 0.6 is 23.2 Å². The Balaban J connectivity index is 2.10. The van der Waals surface area contributed by atoms with E-state index in [4.69, 9.17) is 27.9 Å². The SMILES string of the molecule is CCNC(=O)[C@H](CC)N(Cc1cccc(OC)c1)C(=O)CN(c1cc(Cl)ccc1Cl)S(=O)(=O)c1ccccc1. The van der Waals surface area contributed by atoms with Crippen LogP contribution in [0.2, 0.25) is 10.0 Å². The number of anilines is 1. The maximum atomic E-state index is 14.0. The fourth-order valence-electron chi connectivity index (χ4n) is 4.09. The lowest BCUT2D eigenvalue weighted by atomic mass is 10.1. The molecule has 0 aliphatic rings. The maximum Gasteiger partial charge on any atom is 0.264 e. The van der Waals surface area contributed by atoms with Gasteiger partial charge in [0.05, 0.1) is 22.7 Å². The molecular weight excluding hydrogens is 561 g/mol. The van der Waals surface area contributed by atoms with Crippen LogP contribution in [0, 0.1) is 0 Å². The van der Waals surface area contributed by atoms with Gasteiger partial charge in [-0.3, -0.25) is 13.9 Å². The molecule has 0 aliphatic heterocycles. The van der Waals surface area contributed by atoms with E-state index in [1.807, 2.05) is 0 Å². The highest BCUT2D eigenvalue weighted by atomic mass is 35.5. The van der Waals surface area contributed by atoms with Crippen molar-refractivity contribution in [3.05, 3.63) is 88.4 Å². The van der Waals surface area contributed by atoms with Crippen molar-refractivity contribution < 1.29 is 22.7 Å². The van der Waals surface area contributed by atoms with Gasteiger partial charge < -0.3 is 15.0 Å². The van der Waals surface area contributed by atoms with Crippen LogP contribution in [0.1, 0.15) is 25.8 Å². The first-order valence-corrected chi connectivity index (χ1v) is 14.5. The Morgan fingerprint density at radius 3 is 2.33 bits per heavy atom. The van der Waals surface area contributed by atoms with Gasteiger partial charge in [-0.15, -0.1) is 0 Å². The van der Waals surface area contributed by atoms with E-state index in [-0.39, 0.29) is 33.1 Å². The quantitative estimate of drug-likeness (QED) is 0.314. The maximum absolute atomic E-state index is 14.0. The summed E-state index contributed by atoms with van der Waals surface area (Å²) in [7, 11) is -2.71. The number of sulfonamides is 1. The predicted octanol–water partition coefficient (Wildman–Crippen LogP) is 5.14. The molecule has 0 saturated heterocycles. The topological polar surface area (TPSA) is 96.0 Å². The molecule has 0 bridgehead atoms. The zero-order valence-corrected chi connectivity index (χ0v) is 24.3. The molecule has 0 unspecified atom stereocenters. The number of ether oxygens (including phenoxy) is 1. The van der Waals surface area contributed by atoms with Crippen molar-refractivity contribution in [1.29, 1.82) is 0 Å². The van der Waals surface area contributed by atoms with Crippen LogP contribution in [0.15, 0.2) is 77.7 Å². The van der Waals surface area contributed by atoms with Crippen LogP contribution < -0.4 is 14.4 Å². The van der Waals surface area contributed by atoms with E-state index in [2.05, 4.69) is 5.32 Å². The largest absolute Gasteiger partial charge is 0.497 e. The molecule has 1 N–H and O–H groups in total. The lowest BCUT2D eigenvalue weighted by molar-refractivity contribution is -0.140. The molecule has 0 fully saturated rings. The first kappa shape index (κ1) is 30.3. The molecule has 208 valence electrons. The normalized spacial score (nSPS) is 11.9. The van der Waals surface area contributed by atoms with Crippen molar-refractivity contribution >= 4 is 50.7 Å². The summed E-state index contributed by atoms with van der Waals surface area (Å²) < 4.78 is 33.9. The molecule has 3 aromatic rings. The average Bonchev–Trinajstić information content (AvgIpc) is 2.93. The van der Waals surface area contributed by atoms with Gasteiger partial charge in [-0.1, -0.05) is 60.5 Å². The molecule has 0 saturated carbocycles. The summed E-state index contributed by atoms with van der Waals surface area (Å²) in [6, 6.07) is 18.4. The molecular formula is C28H31Cl2N3O5S. The molecule has 3 rings (SSSR count). The first-order chi connectivity index (χ1) is 18.6. The number of carbonyl (C=O) groups excluding carboxylic acids is 2. The Kier molecular flexibility index (Phi) is 10.6. The second-order valence-electron chi connectivity index (χ2n) is 8.61. The van der Waals surface area contributed by atoms with Gasteiger partial charge in [-0.2, -0.15) is 0 Å². The Labute approximate surface area is 239 Å². The highest BCUT2D eigenvalue weighted by molar-refractivity contribution is 7.92. The second kappa shape index (κ2) is 13.7. The van der Waals surface area contributed by atoms with Crippen LogP contribution in [0.4, 0.5) is 5.69 Å². The molecule has 39 heavy (non-hydrogen) atoms. The van der Waals surface area contributed by atoms with Crippen LogP contribution in [-0.2, 0) is 26.2 Å². The molecule has 2 amide bonds. The Bertz CT molecular complexity index is 1400. The number of rotatable bonds is 12. The molecule has 8 nitrogen and oxygen atoms in total. The number of amides is 2. The minimum atomic E-state index is -4.25. The Hall–Kier alpha value is -3.27. The number of likely N-dealkylation sites (N-methyl/N-ethyl adjacent to an activating group) is 1. The zero-order valence-electron chi connectivity index (χ0n) is 21.9. The van der Waals surface area contributed by atoms with Gasteiger partial charge >= 0.3 is 0 Å². The minimum absolute atomic E-state index is 0.0241. The van der Waals surface area contributed by atoms with Crippen molar-refractivity contribution in [3.8, 4) is 5.75 Å². The van der Waals surface area contributed by atoms with Crippen LogP contribution in [0.5, 0.6) is 5.75 Å². The summed E-state index contributed by atoms with van der Waals surface area (Å²) in [4.78, 5) is 28.4. The highest BCUT2D eigenvalue weighted by Crippen LogP contribution is 2.33.